The molecule has 0 atom stereocenters. The van der Waals surface area contributed by atoms with Gasteiger partial charge in [-0.25, -0.2) is 29.9 Å². The molecular weight excluding hydrogens is 1610 g/mol. The highest BCUT2D eigenvalue weighted by atomic mass is 32.1. The van der Waals surface area contributed by atoms with Crippen molar-refractivity contribution in [2.75, 3.05) is 0 Å². The number of para-hydroxylation sites is 5. The first-order chi connectivity index (χ1) is 64.4. The van der Waals surface area contributed by atoms with Crippen molar-refractivity contribution in [1.29, 1.82) is 0 Å². The average molecular weight is 1680 g/mol. The second-order valence-electron chi connectivity index (χ2n) is 33.9. The van der Waals surface area contributed by atoms with Gasteiger partial charge in [0.2, 0.25) is 0 Å². The van der Waals surface area contributed by atoms with E-state index in [1.165, 1.54) is 64.7 Å². The van der Waals surface area contributed by atoms with Crippen LogP contribution in [0.3, 0.4) is 0 Å². The van der Waals surface area contributed by atoms with Crippen molar-refractivity contribution in [3.63, 3.8) is 0 Å². The van der Waals surface area contributed by atoms with Crippen molar-refractivity contribution in [2.45, 2.75) is 10.8 Å². The van der Waals surface area contributed by atoms with Crippen molar-refractivity contribution in [3.05, 3.63) is 469 Å². The molecule has 0 bridgehead atoms. The third-order valence-corrected chi connectivity index (χ3v) is 28.3. The predicted molar refractivity (Wildman–Crippen MR) is 528 cm³/mol. The van der Waals surface area contributed by atoms with Crippen LogP contribution < -0.4 is 9.47 Å². The fourth-order valence-electron chi connectivity index (χ4n) is 21.6. The minimum Gasteiger partial charge on any atom is -0.456 e. The molecule has 8 heterocycles. The topological polar surface area (TPSA) is 109 Å². The Morgan fingerprint density at radius 1 is 0.215 bits per heavy atom. The summed E-state index contributed by atoms with van der Waals surface area (Å²) >= 11 is 1.81. The Balaban J connectivity index is 0.000000134. The van der Waals surface area contributed by atoms with Gasteiger partial charge in [-0.15, -0.1) is 11.3 Å². The number of pyridine rings is 2. The summed E-state index contributed by atoms with van der Waals surface area (Å²) in [5, 5.41) is 10.8. The Labute approximate surface area is 750 Å². The van der Waals surface area contributed by atoms with E-state index in [9.17, 15) is 0 Å². The van der Waals surface area contributed by atoms with Crippen LogP contribution in [0.5, 0.6) is 23.0 Å². The van der Waals surface area contributed by atoms with Gasteiger partial charge in [0, 0.05) is 130 Å². The van der Waals surface area contributed by atoms with Crippen LogP contribution in [0.4, 0.5) is 0 Å². The van der Waals surface area contributed by atoms with E-state index in [1.54, 1.807) is 0 Å². The molecule has 0 amide bonds. The summed E-state index contributed by atoms with van der Waals surface area (Å²) in [7, 11) is 0. The fraction of sp³-hybridized carbons (Fsp3) is 0.0167. The quantitative estimate of drug-likeness (QED) is 0.137. The minimum absolute atomic E-state index is 0.572. The normalized spacial score (nSPS) is 13.2. The van der Waals surface area contributed by atoms with Crippen LogP contribution >= 0.6 is 11.3 Å². The minimum atomic E-state index is -0.579. The van der Waals surface area contributed by atoms with Gasteiger partial charge in [-0.05, 0) is 111 Å². The number of hydrogen-bond donors (Lipinski definition) is 0. The van der Waals surface area contributed by atoms with Crippen molar-refractivity contribution >= 4 is 96.8 Å². The molecule has 24 aromatic rings. The van der Waals surface area contributed by atoms with E-state index < -0.39 is 10.8 Å². The highest BCUT2D eigenvalue weighted by Crippen LogP contribution is 2.66. The molecule has 0 unspecified atom stereocenters. The Hall–Kier alpha value is -16.9. The first-order valence-electron chi connectivity index (χ1n) is 44.0. The van der Waals surface area contributed by atoms with E-state index in [-0.39, 0.29) is 0 Å². The van der Waals surface area contributed by atoms with Gasteiger partial charge in [0.1, 0.15) is 34.2 Å². The van der Waals surface area contributed by atoms with E-state index >= 15 is 0 Å². The number of benzene rings is 18. The molecule has 9 nitrogen and oxygen atoms in total. The van der Waals surface area contributed by atoms with Gasteiger partial charge in [0.05, 0.1) is 56.0 Å². The number of furan rings is 1. The van der Waals surface area contributed by atoms with Crippen LogP contribution in [-0.2, 0) is 10.8 Å². The molecule has 2 spiro atoms. The fourth-order valence-corrected chi connectivity index (χ4v) is 22.8. The lowest BCUT2D eigenvalue weighted by Gasteiger charge is -2.40. The van der Waals surface area contributed by atoms with Crippen LogP contribution in [0.1, 0.15) is 44.5 Å². The molecule has 0 fully saturated rings. The summed E-state index contributed by atoms with van der Waals surface area (Å²) in [4.78, 5) is 31.9. The van der Waals surface area contributed by atoms with Crippen LogP contribution in [0, 0.1) is 0 Å². The molecule has 2 aliphatic heterocycles. The number of thiophene rings is 1. The van der Waals surface area contributed by atoms with E-state index in [0.717, 1.165) is 189 Å². The summed E-state index contributed by atoms with van der Waals surface area (Å²) in [6.07, 6.45) is 0. The molecule has 18 aromatic carbocycles. The van der Waals surface area contributed by atoms with Gasteiger partial charge in [0.25, 0.3) is 0 Å². The Kier molecular flexibility index (Phi) is 16.3. The van der Waals surface area contributed by atoms with Crippen molar-refractivity contribution in [1.82, 2.24) is 29.9 Å². The number of hydrogen-bond acceptors (Lipinski definition) is 10. The van der Waals surface area contributed by atoms with Crippen molar-refractivity contribution in [2.24, 2.45) is 0 Å². The number of aromatic nitrogens is 6. The van der Waals surface area contributed by atoms with Crippen molar-refractivity contribution < 1.29 is 13.9 Å². The van der Waals surface area contributed by atoms with Gasteiger partial charge in [0.15, 0.2) is 11.6 Å². The molecule has 6 aromatic heterocycles. The molecular formula is C120H70N6O3S. The Morgan fingerprint density at radius 3 is 1.11 bits per heavy atom. The maximum Gasteiger partial charge on any atom is 0.160 e. The highest BCUT2D eigenvalue weighted by Gasteiger charge is 2.53. The molecule has 28 rings (SSSR count). The summed E-state index contributed by atoms with van der Waals surface area (Å²) in [5.74, 6) is 4.78. The largest absolute Gasteiger partial charge is 0.456 e. The van der Waals surface area contributed by atoms with E-state index in [2.05, 4.69) is 364 Å². The SMILES string of the molecule is c1ccc(-c2nc(-c3cccc(-c4nc5ccccc5c5c6c(ccc45)C4(c5ccccc5O6)c5ccccc5-c5ccccc54)c3)cc(-c3cccc4c3sc3ccccc34)n2)cc1.c1ccc(-c2nc(-c3cccc(-c4nc5ccccc5c5c6c(ccc45)C4(c5ccccc5O6)c5ccccc5-c5ccccc54)c3)cc(-c3cccc4oc5ccccc5c34)n2)cc1. The zero-order chi connectivity index (χ0) is 85.3. The van der Waals surface area contributed by atoms with Crippen LogP contribution in [0.25, 0.3) is 198 Å². The molecule has 10 heteroatoms. The maximum absolute atomic E-state index is 7.22. The predicted octanol–water partition coefficient (Wildman–Crippen LogP) is 30.9. The van der Waals surface area contributed by atoms with E-state index in [4.69, 9.17) is 43.8 Å². The summed E-state index contributed by atoms with van der Waals surface area (Å²) in [6.45, 7) is 0. The van der Waals surface area contributed by atoms with Gasteiger partial charge < -0.3 is 13.9 Å². The zero-order valence-electron chi connectivity index (χ0n) is 69.7. The Morgan fingerprint density at radius 2 is 0.585 bits per heavy atom. The second-order valence-corrected chi connectivity index (χ2v) is 35.0. The van der Waals surface area contributed by atoms with Gasteiger partial charge >= 0.3 is 0 Å². The summed E-state index contributed by atoms with van der Waals surface area (Å²) < 4.78 is 23.2. The zero-order valence-corrected chi connectivity index (χ0v) is 70.5. The third kappa shape index (κ3) is 10.9. The number of rotatable bonds is 8. The molecule has 2 aliphatic carbocycles. The number of ether oxygens (including phenoxy) is 2. The average Bonchev–Trinajstić information content (AvgIpc) is 1.48. The maximum atomic E-state index is 7.22. The lowest BCUT2D eigenvalue weighted by Crippen LogP contribution is -2.32. The van der Waals surface area contributed by atoms with Crippen molar-refractivity contribution in [3.8, 4) is 136 Å². The van der Waals surface area contributed by atoms with Crippen LogP contribution in [0.15, 0.2) is 429 Å². The van der Waals surface area contributed by atoms with Crippen LogP contribution in [-0.4, -0.2) is 29.9 Å². The highest BCUT2D eigenvalue weighted by molar-refractivity contribution is 7.26. The van der Waals surface area contributed by atoms with E-state index in [0.29, 0.717) is 11.6 Å². The second kappa shape index (κ2) is 28.8. The molecule has 0 radical (unpaired) electrons. The lowest BCUT2D eigenvalue weighted by atomic mass is 9.65. The lowest BCUT2D eigenvalue weighted by molar-refractivity contribution is 0.442. The standard InChI is InChI=1S/C60H35N3O2.C60H35N3OS/c1-2-16-36(17-3-1)59-62-50(35-51(63-59)42-24-15-31-54-55(42)43-23-7-12-29-52(43)64-54)37-18-14-19-38(34-37)57-44-32-33-48-58(56(44)41-22-6-11-28-49(41)61-57)65-53-30-13-10-27-47(53)60(48)45-25-8-4-20-39(45)40-21-5-9-26-46(40)60;1-2-16-36(17-3-1)59-62-51(35-52(63-59)44-25-15-24-42-41-22-7-13-31-54(41)65-58(42)44)37-18-14-19-38(34-37)56-45-32-33-49-57(55(45)43-23-6-11-29-50(43)61-56)64-53-30-12-10-28-48(53)60(49)46-26-8-4-20-39(46)40-21-5-9-27-47(40)60/h2*1-35H. The molecule has 604 valence electrons. The monoisotopic (exact) mass is 1670 g/mol. The number of fused-ring (bicyclic) bond motifs is 32. The van der Waals surface area contributed by atoms with Crippen LogP contribution in [0.2, 0.25) is 0 Å². The number of nitrogens with zero attached hydrogens (tertiary/aromatic N) is 6. The third-order valence-electron chi connectivity index (χ3n) is 27.1. The first-order valence-corrected chi connectivity index (χ1v) is 44.8. The van der Waals surface area contributed by atoms with Gasteiger partial charge in [-0.3, -0.25) is 0 Å². The molecule has 130 heavy (non-hydrogen) atoms. The van der Waals surface area contributed by atoms with Gasteiger partial charge in [-0.1, -0.05) is 358 Å². The summed E-state index contributed by atoms with van der Waals surface area (Å²) in [5.41, 5.74) is 30.0. The molecule has 0 N–H and O–H groups in total. The van der Waals surface area contributed by atoms with E-state index in [1.807, 2.05) is 72.0 Å². The Bertz CT molecular complexity index is 8830. The molecule has 4 aliphatic rings. The molecule has 0 saturated heterocycles. The smallest absolute Gasteiger partial charge is 0.160 e. The molecule has 0 saturated carbocycles. The summed E-state index contributed by atoms with van der Waals surface area (Å²) in [6, 6.07) is 150. The first kappa shape index (κ1) is 73.4. The van der Waals surface area contributed by atoms with Gasteiger partial charge in [-0.2, -0.15) is 0 Å².